The number of fused-ring (bicyclic) bond motifs is 1. The molecule has 1 heterocycles. The van der Waals surface area contributed by atoms with Crippen molar-refractivity contribution in [2.24, 2.45) is 0 Å². The Bertz CT molecular complexity index is 583. The molecule has 0 spiro atoms. The molecule has 0 aliphatic rings. The van der Waals surface area contributed by atoms with Gasteiger partial charge >= 0.3 is 0 Å². The minimum Gasteiger partial charge on any atom is -0.322 e. The van der Waals surface area contributed by atoms with E-state index in [0.29, 0.717) is 5.69 Å². The monoisotopic (exact) mass is 228 g/mol. The fourth-order valence-electron chi connectivity index (χ4n) is 1.36. The van der Waals surface area contributed by atoms with Crippen molar-refractivity contribution in [1.29, 1.82) is 0 Å². The first-order valence-corrected chi connectivity index (χ1v) is 5.20. The number of benzene rings is 1. The van der Waals surface area contributed by atoms with E-state index in [4.69, 9.17) is 0 Å². The van der Waals surface area contributed by atoms with Crippen molar-refractivity contribution in [2.75, 3.05) is 5.32 Å². The maximum Gasteiger partial charge on any atom is 0.248 e. The van der Waals surface area contributed by atoms with Gasteiger partial charge in [0.15, 0.2) is 0 Å². The molecule has 5 nitrogen and oxygen atoms in total. The predicted octanol–water partition coefficient (Wildman–Crippen LogP) is 2.03. The van der Waals surface area contributed by atoms with Gasteiger partial charge in [0.2, 0.25) is 5.91 Å². The summed E-state index contributed by atoms with van der Waals surface area (Å²) in [5.41, 5.74) is 2.19. The zero-order valence-electron chi connectivity index (χ0n) is 9.34. The fraction of sp³-hybridized carbons (Fsp3) is 0.0833. The van der Waals surface area contributed by atoms with Crippen LogP contribution in [0.1, 0.15) is 6.92 Å². The second kappa shape index (κ2) is 5.07. The molecule has 1 aromatic carbocycles. The van der Waals surface area contributed by atoms with Gasteiger partial charge in [-0.25, -0.2) is 0 Å². The first-order chi connectivity index (χ1) is 8.29. The van der Waals surface area contributed by atoms with E-state index in [0.717, 1.165) is 11.0 Å². The molecule has 86 valence electrons. The van der Waals surface area contributed by atoms with E-state index in [1.807, 2.05) is 13.0 Å². The number of anilines is 1. The summed E-state index contributed by atoms with van der Waals surface area (Å²) in [5, 5.41) is 13.1. The number of aromatic nitrogens is 3. The number of hydrogen-bond donors (Lipinski definition) is 2. The number of carbonyl (C=O) groups is 1. The van der Waals surface area contributed by atoms with Crippen molar-refractivity contribution >= 4 is 22.6 Å². The largest absolute Gasteiger partial charge is 0.322 e. The number of nitrogens with zero attached hydrogens (tertiary/aromatic N) is 2. The van der Waals surface area contributed by atoms with Gasteiger partial charge in [-0.05, 0) is 25.1 Å². The summed E-state index contributed by atoms with van der Waals surface area (Å²) in [4.78, 5) is 11.5. The highest BCUT2D eigenvalue weighted by Gasteiger charge is 2.01. The van der Waals surface area contributed by atoms with Crippen LogP contribution in [0.5, 0.6) is 0 Å². The quantitative estimate of drug-likeness (QED) is 0.623. The second-order valence-corrected chi connectivity index (χ2v) is 3.40. The van der Waals surface area contributed by atoms with Gasteiger partial charge < -0.3 is 5.32 Å². The number of nitrogens with one attached hydrogen (secondary N) is 2. The highest BCUT2D eigenvalue weighted by Crippen LogP contribution is 2.14. The molecule has 0 aliphatic heterocycles. The number of H-pyrrole nitrogens is 1. The van der Waals surface area contributed by atoms with E-state index in [1.54, 1.807) is 30.4 Å². The number of rotatable bonds is 3. The minimum absolute atomic E-state index is 0.175. The first kappa shape index (κ1) is 11.1. The smallest absolute Gasteiger partial charge is 0.248 e. The van der Waals surface area contributed by atoms with Crippen LogP contribution in [-0.2, 0) is 4.79 Å². The van der Waals surface area contributed by atoms with Crippen LogP contribution in [0.2, 0.25) is 0 Å². The summed E-state index contributed by atoms with van der Waals surface area (Å²) in [5.74, 6) is -0.175. The van der Waals surface area contributed by atoms with Crippen LogP contribution >= 0.6 is 0 Å². The summed E-state index contributed by atoms with van der Waals surface area (Å²) < 4.78 is 0. The minimum atomic E-state index is -0.175. The topological polar surface area (TPSA) is 70.7 Å². The molecule has 0 atom stereocenters. The number of carbonyl (C=O) groups excluding carboxylic acids is 1. The van der Waals surface area contributed by atoms with Gasteiger partial charge in [-0.1, -0.05) is 18.2 Å². The van der Waals surface area contributed by atoms with E-state index in [1.165, 1.54) is 6.08 Å². The van der Waals surface area contributed by atoms with Gasteiger partial charge in [0, 0.05) is 11.8 Å². The molecule has 1 amide bonds. The highest BCUT2D eigenvalue weighted by molar-refractivity contribution is 6.00. The van der Waals surface area contributed by atoms with Crippen molar-refractivity contribution in [3.63, 3.8) is 0 Å². The summed E-state index contributed by atoms with van der Waals surface area (Å²) in [6, 6.07) is 5.34. The van der Waals surface area contributed by atoms with E-state index in [9.17, 15) is 4.79 Å². The molecule has 2 aromatic rings. The van der Waals surface area contributed by atoms with Crippen LogP contribution in [0.25, 0.3) is 11.0 Å². The van der Waals surface area contributed by atoms with E-state index in [-0.39, 0.29) is 5.91 Å². The third-order valence-corrected chi connectivity index (χ3v) is 2.14. The van der Waals surface area contributed by atoms with E-state index >= 15 is 0 Å². The van der Waals surface area contributed by atoms with Crippen molar-refractivity contribution in [3.8, 4) is 0 Å². The lowest BCUT2D eigenvalue weighted by molar-refractivity contribution is -0.111. The van der Waals surface area contributed by atoms with Crippen molar-refractivity contribution in [3.05, 3.63) is 42.5 Å². The molecule has 0 fully saturated rings. The number of allylic oxidation sites excluding steroid dienone is 3. The summed E-state index contributed by atoms with van der Waals surface area (Å²) >= 11 is 0. The molecule has 0 aliphatic carbocycles. The summed E-state index contributed by atoms with van der Waals surface area (Å²) in [7, 11) is 0. The lowest BCUT2D eigenvalue weighted by atomic mass is 10.2. The maximum atomic E-state index is 11.5. The highest BCUT2D eigenvalue weighted by atomic mass is 16.1. The Hall–Kier alpha value is -2.43. The molecule has 0 unspecified atom stereocenters. The molecule has 1 aromatic heterocycles. The third kappa shape index (κ3) is 2.78. The number of aromatic amines is 1. The molecular formula is C12H12N4O. The van der Waals surface area contributed by atoms with E-state index < -0.39 is 0 Å². The van der Waals surface area contributed by atoms with Crippen molar-refractivity contribution in [2.45, 2.75) is 6.92 Å². The van der Waals surface area contributed by atoms with Gasteiger partial charge in [0.25, 0.3) is 0 Å². The van der Waals surface area contributed by atoms with Gasteiger partial charge in [0.1, 0.15) is 11.0 Å². The van der Waals surface area contributed by atoms with Crippen LogP contribution in [-0.4, -0.2) is 21.3 Å². The van der Waals surface area contributed by atoms with Crippen LogP contribution < -0.4 is 5.32 Å². The Morgan fingerprint density at radius 1 is 1.29 bits per heavy atom. The van der Waals surface area contributed by atoms with Gasteiger partial charge in [-0.3, -0.25) is 4.79 Å². The Morgan fingerprint density at radius 3 is 2.94 bits per heavy atom. The molecule has 17 heavy (non-hydrogen) atoms. The molecule has 2 rings (SSSR count). The Balaban J connectivity index is 2.10. The second-order valence-electron chi connectivity index (χ2n) is 3.40. The van der Waals surface area contributed by atoms with Gasteiger partial charge in [-0.2, -0.15) is 15.4 Å². The predicted molar refractivity (Wildman–Crippen MR) is 66.5 cm³/mol. The molecule has 0 saturated carbocycles. The molecule has 2 N–H and O–H groups in total. The standard InChI is InChI=1S/C12H12N4O/c1-2-3-4-5-12(17)13-9-6-7-10-11(8-9)15-16-14-10/h2-8H,1H3,(H,13,17)(H,14,15,16)/b3-2+,5-4+. The van der Waals surface area contributed by atoms with Crippen molar-refractivity contribution in [1.82, 2.24) is 15.4 Å². The average molecular weight is 228 g/mol. The molecule has 0 bridgehead atoms. The zero-order valence-corrected chi connectivity index (χ0v) is 9.34. The summed E-state index contributed by atoms with van der Waals surface area (Å²) in [6.07, 6.45) is 6.79. The lowest BCUT2D eigenvalue weighted by Crippen LogP contribution is -2.07. The Labute approximate surface area is 98.2 Å². The molecule has 5 heteroatoms. The van der Waals surface area contributed by atoms with E-state index in [2.05, 4.69) is 20.7 Å². The Kier molecular flexibility index (Phi) is 3.30. The normalized spacial score (nSPS) is 11.6. The van der Waals surface area contributed by atoms with Crippen LogP contribution in [0, 0.1) is 0 Å². The van der Waals surface area contributed by atoms with Gasteiger partial charge in [-0.15, -0.1) is 0 Å². The lowest BCUT2D eigenvalue weighted by Gasteiger charge is -2.00. The zero-order chi connectivity index (χ0) is 12.1. The van der Waals surface area contributed by atoms with Crippen LogP contribution in [0.4, 0.5) is 5.69 Å². The maximum absolute atomic E-state index is 11.5. The first-order valence-electron chi connectivity index (χ1n) is 5.20. The van der Waals surface area contributed by atoms with Gasteiger partial charge in [0.05, 0.1) is 0 Å². The SMILES string of the molecule is C/C=C/C=C/C(=O)Nc1ccc2n[nH]nc2c1. The molecule has 0 saturated heterocycles. The number of hydrogen-bond acceptors (Lipinski definition) is 3. The number of amides is 1. The third-order valence-electron chi connectivity index (χ3n) is 2.14. The molecule has 0 radical (unpaired) electrons. The average Bonchev–Trinajstić information content (AvgIpc) is 2.76. The summed E-state index contributed by atoms with van der Waals surface area (Å²) in [6.45, 7) is 1.89. The van der Waals surface area contributed by atoms with Crippen LogP contribution in [0.3, 0.4) is 0 Å². The van der Waals surface area contributed by atoms with Crippen LogP contribution in [0.15, 0.2) is 42.5 Å². The fourth-order valence-corrected chi connectivity index (χ4v) is 1.36. The Morgan fingerprint density at radius 2 is 2.12 bits per heavy atom. The molecular weight excluding hydrogens is 216 g/mol. The van der Waals surface area contributed by atoms with Crippen molar-refractivity contribution < 1.29 is 4.79 Å².